The molecule has 6 nitrogen and oxygen atoms in total. The number of ether oxygens (including phenoxy) is 1. The molecule has 0 aliphatic carbocycles. The maximum absolute atomic E-state index is 13.6. The van der Waals surface area contributed by atoms with Gasteiger partial charge in [0.1, 0.15) is 0 Å². The lowest BCUT2D eigenvalue weighted by Gasteiger charge is -2.40. The fourth-order valence-electron chi connectivity index (χ4n) is 3.76. The third-order valence-electron chi connectivity index (χ3n) is 5.27. The summed E-state index contributed by atoms with van der Waals surface area (Å²) in [4.78, 5) is 13.2. The van der Waals surface area contributed by atoms with Crippen LogP contribution in [0.15, 0.2) is 97.1 Å². The third kappa shape index (κ3) is 4.17. The molecule has 1 aliphatic heterocycles. The molecular weight excluding hydrogens is 424 g/mol. The van der Waals surface area contributed by atoms with Gasteiger partial charge in [0.05, 0.1) is 18.8 Å². The molecule has 32 heavy (non-hydrogen) atoms. The van der Waals surface area contributed by atoms with Crippen molar-refractivity contribution in [1.29, 1.82) is 0 Å². The van der Waals surface area contributed by atoms with Crippen LogP contribution in [-0.2, 0) is 31.8 Å². The van der Waals surface area contributed by atoms with Crippen LogP contribution in [0.5, 0.6) is 0 Å². The molecule has 0 aromatic heterocycles. The molecule has 164 valence electrons. The maximum Gasteiger partial charge on any atom is 0.336 e. The average molecular weight is 449 g/mol. The number of benzene rings is 3. The lowest BCUT2D eigenvalue weighted by Crippen LogP contribution is -2.58. The van der Waals surface area contributed by atoms with E-state index in [9.17, 15) is 13.2 Å². The van der Waals surface area contributed by atoms with Crippen molar-refractivity contribution in [1.82, 2.24) is 9.03 Å². The lowest BCUT2D eigenvalue weighted by molar-refractivity contribution is -0.148. The number of carbonyl (C=O) groups excluding carboxylic acids is 1. The van der Waals surface area contributed by atoms with Gasteiger partial charge in [-0.1, -0.05) is 91.0 Å². The quantitative estimate of drug-likeness (QED) is 0.582. The molecule has 0 radical (unpaired) electrons. The van der Waals surface area contributed by atoms with Crippen LogP contribution in [0.25, 0.3) is 5.70 Å². The smallest absolute Gasteiger partial charge is 0.336 e. The average Bonchev–Trinajstić information content (AvgIpc) is 2.82. The van der Waals surface area contributed by atoms with E-state index in [0.717, 1.165) is 5.56 Å². The predicted molar refractivity (Wildman–Crippen MR) is 123 cm³/mol. The van der Waals surface area contributed by atoms with Crippen molar-refractivity contribution in [2.24, 2.45) is 0 Å². The molecule has 1 N–H and O–H groups in total. The standard InChI is InChI=1S/C25H24N2O4S/c1-2-31-24(28)25(22-16-10-5-11-17-22)18-23(21-14-8-4-9-15-21)27(32(29,30)26-25)19-20-12-6-3-7-13-20/h3-18,26H,2,19H2,1H3/t25-/m0/s1. The Morgan fingerprint density at radius 3 is 2.06 bits per heavy atom. The van der Waals surface area contributed by atoms with Crippen molar-refractivity contribution < 1.29 is 17.9 Å². The van der Waals surface area contributed by atoms with Crippen molar-refractivity contribution in [3.05, 3.63) is 114 Å². The summed E-state index contributed by atoms with van der Waals surface area (Å²) in [6.45, 7) is 1.93. The maximum atomic E-state index is 13.6. The summed E-state index contributed by atoms with van der Waals surface area (Å²) in [7, 11) is -4.12. The Hall–Kier alpha value is -3.42. The van der Waals surface area contributed by atoms with E-state index in [1.165, 1.54) is 4.31 Å². The normalized spacial score (nSPS) is 19.8. The Morgan fingerprint density at radius 1 is 0.906 bits per heavy atom. The van der Waals surface area contributed by atoms with Crippen molar-refractivity contribution in [2.75, 3.05) is 6.61 Å². The molecule has 1 atom stereocenters. The Morgan fingerprint density at radius 2 is 1.47 bits per heavy atom. The van der Waals surface area contributed by atoms with Gasteiger partial charge in [0.25, 0.3) is 0 Å². The van der Waals surface area contributed by atoms with Gasteiger partial charge in [0.2, 0.25) is 0 Å². The van der Waals surface area contributed by atoms with Crippen LogP contribution < -0.4 is 4.72 Å². The Labute approximate surface area is 188 Å². The largest absolute Gasteiger partial charge is 0.464 e. The minimum Gasteiger partial charge on any atom is -0.464 e. The summed E-state index contributed by atoms with van der Waals surface area (Å²) in [5.41, 5.74) is 0.704. The van der Waals surface area contributed by atoms with Crippen LogP contribution in [-0.4, -0.2) is 25.3 Å². The highest BCUT2D eigenvalue weighted by Gasteiger charge is 2.49. The second kappa shape index (κ2) is 8.98. The zero-order valence-corrected chi connectivity index (χ0v) is 18.5. The van der Waals surface area contributed by atoms with E-state index in [1.807, 2.05) is 66.7 Å². The highest BCUT2D eigenvalue weighted by molar-refractivity contribution is 7.87. The summed E-state index contributed by atoms with van der Waals surface area (Å²) in [5, 5.41) is 0. The zero-order valence-electron chi connectivity index (χ0n) is 17.6. The van der Waals surface area contributed by atoms with Gasteiger partial charge in [-0.25, -0.2) is 4.79 Å². The van der Waals surface area contributed by atoms with Crippen LogP contribution in [0.2, 0.25) is 0 Å². The van der Waals surface area contributed by atoms with Gasteiger partial charge in [0.15, 0.2) is 5.54 Å². The van der Waals surface area contributed by atoms with E-state index in [4.69, 9.17) is 4.74 Å². The first-order chi connectivity index (χ1) is 15.5. The summed E-state index contributed by atoms with van der Waals surface area (Å²) < 4.78 is 36.5. The van der Waals surface area contributed by atoms with Gasteiger partial charge >= 0.3 is 16.2 Å². The molecule has 0 saturated heterocycles. The number of hydrogen-bond donors (Lipinski definition) is 1. The number of hydrogen-bond acceptors (Lipinski definition) is 4. The molecule has 1 heterocycles. The zero-order chi connectivity index (χ0) is 22.6. The van der Waals surface area contributed by atoms with Gasteiger partial charge in [-0.3, -0.25) is 4.31 Å². The van der Waals surface area contributed by atoms with Crippen LogP contribution in [0.1, 0.15) is 23.6 Å². The third-order valence-corrected chi connectivity index (χ3v) is 6.75. The van der Waals surface area contributed by atoms with Gasteiger partial charge in [-0.05, 0) is 29.7 Å². The molecule has 4 rings (SSSR count). The van der Waals surface area contributed by atoms with Gasteiger partial charge in [-0.15, -0.1) is 0 Å². The van der Waals surface area contributed by atoms with E-state index >= 15 is 0 Å². The topological polar surface area (TPSA) is 75.7 Å². The van der Waals surface area contributed by atoms with E-state index in [1.54, 1.807) is 37.3 Å². The number of esters is 1. The van der Waals surface area contributed by atoms with Crippen LogP contribution in [0, 0.1) is 0 Å². The van der Waals surface area contributed by atoms with Crippen LogP contribution >= 0.6 is 0 Å². The monoisotopic (exact) mass is 448 g/mol. The first-order valence-electron chi connectivity index (χ1n) is 10.3. The molecule has 0 spiro atoms. The lowest BCUT2D eigenvalue weighted by atomic mass is 9.88. The Kier molecular flexibility index (Phi) is 6.12. The number of nitrogens with zero attached hydrogens (tertiary/aromatic N) is 1. The van der Waals surface area contributed by atoms with E-state index in [-0.39, 0.29) is 13.2 Å². The number of rotatable bonds is 6. The minimum absolute atomic E-state index is 0.116. The second-order valence-electron chi connectivity index (χ2n) is 7.39. The first kappa shape index (κ1) is 21.8. The highest BCUT2D eigenvalue weighted by atomic mass is 32.2. The number of carbonyl (C=O) groups is 1. The summed E-state index contributed by atoms with van der Waals surface area (Å²) in [5.74, 6) is -0.678. The fourth-order valence-corrected chi connectivity index (χ4v) is 5.27. The van der Waals surface area contributed by atoms with Crippen molar-refractivity contribution in [2.45, 2.75) is 19.0 Å². The Bertz CT molecular complexity index is 1210. The second-order valence-corrected chi connectivity index (χ2v) is 8.98. The van der Waals surface area contributed by atoms with E-state index in [0.29, 0.717) is 16.8 Å². The summed E-state index contributed by atoms with van der Waals surface area (Å²) >= 11 is 0. The molecule has 0 saturated carbocycles. The summed E-state index contributed by atoms with van der Waals surface area (Å²) in [6.07, 6.45) is 1.65. The molecule has 0 fully saturated rings. The van der Waals surface area contributed by atoms with Crippen molar-refractivity contribution in [3.8, 4) is 0 Å². The highest BCUT2D eigenvalue weighted by Crippen LogP contribution is 2.38. The van der Waals surface area contributed by atoms with Crippen molar-refractivity contribution in [3.63, 3.8) is 0 Å². The van der Waals surface area contributed by atoms with Gasteiger partial charge < -0.3 is 4.74 Å². The molecule has 3 aromatic rings. The van der Waals surface area contributed by atoms with E-state index < -0.39 is 21.7 Å². The first-order valence-corrected chi connectivity index (χ1v) is 11.8. The molecular formula is C25H24N2O4S. The van der Waals surface area contributed by atoms with Gasteiger partial charge in [0, 0.05) is 0 Å². The molecule has 7 heteroatoms. The fraction of sp³-hybridized carbons (Fsp3) is 0.160. The van der Waals surface area contributed by atoms with Crippen LogP contribution in [0.4, 0.5) is 0 Å². The predicted octanol–water partition coefficient (Wildman–Crippen LogP) is 3.84. The SMILES string of the molecule is CCOC(=O)[C@@]1(c2ccccc2)C=C(c2ccccc2)N(Cc2ccccc2)S(=O)(=O)N1. The van der Waals surface area contributed by atoms with Gasteiger partial charge in [-0.2, -0.15) is 13.1 Å². The molecule has 3 aromatic carbocycles. The number of nitrogens with one attached hydrogen (secondary N) is 1. The minimum atomic E-state index is -4.12. The molecule has 0 amide bonds. The molecule has 0 unspecified atom stereocenters. The van der Waals surface area contributed by atoms with Crippen molar-refractivity contribution >= 4 is 21.9 Å². The molecule has 1 aliphatic rings. The Balaban J connectivity index is 1.95. The van der Waals surface area contributed by atoms with E-state index in [2.05, 4.69) is 4.72 Å². The summed E-state index contributed by atoms with van der Waals surface area (Å²) in [6, 6.07) is 27.3. The van der Waals surface area contributed by atoms with Crippen LogP contribution in [0.3, 0.4) is 0 Å². The molecule has 0 bridgehead atoms.